The maximum absolute atomic E-state index is 11.9. The van der Waals surface area contributed by atoms with E-state index < -0.39 is 0 Å². The number of ether oxygens (including phenoxy) is 1. The zero-order valence-corrected chi connectivity index (χ0v) is 12.0. The minimum atomic E-state index is -0.186. The van der Waals surface area contributed by atoms with E-state index in [2.05, 4.69) is 10.2 Å². The number of aromatic amines is 1. The Kier molecular flexibility index (Phi) is 3.07. The van der Waals surface area contributed by atoms with Gasteiger partial charge in [0.1, 0.15) is 5.75 Å². The molecule has 0 saturated carbocycles. The van der Waals surface area contributed by atoms with Crippen molar-refractivity contribution in [2.24, 2.45) is 0 Å². The zero-order chi connectivity index (χ0) is 13.7. The van der Waals surface area contributed by atoms with Crippen LogP contribution in [-0.4, -0.2) is 21.7 Å². The van der Waals surface area contributed by atoms with Crippen LogP contribution in [0.3, 0.4) is 0 Å². The summed E-state index contributed by atoms with van der Waals surface area (Å²) in [4.78, 5) is 11.9. The monoisotopic (exact) mass is 301 g/mol. The van der Waals surface area contributed by atoms with Crippen LogP contribution in [0.15, 0.2) is 47.7 Å². The van der Waals surface area contributed by atoms with Gasteiger partial charge in [-0.15, -0.1) is 12.4 Å². The molecule has 1 aromatic carbocycles. The van der Waals surface area contributed by atoms with E-state index in [9.17, 15) is 4.79 Å². The van der Waals surface area contributed by atoms with E-state index in [-0.39, 0.29) is 18.0 Å². The zero-order valence-electron chi connectivity index (χ0n) is 11.2. The standard InChI is InChI=1S/C15H11N3O2.ClH/c1-20-12-4-2-3-9-5-6-18-8-11-10(14(18)13(9)12)7-16-17-15(11)19;/h2-8H,1H3,(H,17,19);1H. The summed E-state index contributed by atoms with van der Waals surface area (Å²) in [5, 5.41) is 9.87. The van der Waals surface area contributed by atoms with Gasteiger partial charge in [-0.3, -0.25) is 4.79 Å². The van der Waals surface area contributed by atoms with Crippen LogP contribution < -0.4 is 10.3 Å². The maximum atomic E-state index is 11.9. The maximum Gasteiger partial charge on any atom is 0.273 e. The minimum absolute atomic E-state index is 0. The van der Waals surface area contributed by atoms with Gasteiger partial charge in [0, 0.05) is 23.2 Å². The molecule has 0 spiro atoms. The van der Waals surface area contributed by atoms with Crippen LogP contribution in [0.1, 0.15) is 0 Å². The number of hydrogen-bond acceptors (Lipinski definition) is 3. The molecule has 4 rings (SSSR count). The third-order valence-electron chi connectivity index (χ3n) is 3.61. The molecule has 0 amide bonds. The fraction of sp³-hybridized carbons (Fsp3) is 0.0667. The fourth-order valence-electron chi connectivity index (χ4n) is 2.72. The quantitative estimate of drug-likeness (QED) is 0.588. The summed E-state index contributed by atoms with van der Waals surface area (Å²) in [6, 6.07) is 7.90. The van der Waals surface area contributed by atoms with Crippen LogP contribution in [0.5, 0.6) is 5.75 Å². The average molecular weight is 302 g/mol. The van der Waals surface area contributed by atoms with Gasteiger partial charge >= 0.3 is 0 Å². The first kappa shape index (κ1) is 13.5. The summed E-state index contributed by atoms with van der Waals surface area (Å²) in [5.41, 5.74) is 0.753. The van der Waals surface area contributed by atoms with E-state index in [1.807, 2.05) is 41.1 Å². The number of pyridine rings is 1. The van der Waals surface area contributed by atoms with Gasteiger partial charge in [-0.1, -0.05) is 12.1 Å². The molecule has 0 fully saturated rings. The van der Waals surface area contributed by atoms with Crippen LogP contribution >= 0.6 is 12.4 Å². The van der Waals surface area contributed by atoms with Crippen molar-refractivity contribution in [2.45, 2.75) is 0 Å². The molecule has 1 N–H and O–H groups in total. The largest absolute Gasteiger partial charge is 0.496 e. The van der Waals surface area contributed by atoms with Gasteiger partial charge in [0.2, 0.25) is 0 Å². The van der Waals surface area contributed by atoms with Crippen LogP contribution in [0.25, 0.3) is 27.1 Å². The molecule has 0 aliphatic heterocycles. The van der Waals surface area contributed by atoms with Gasteiger partial charge in [-0.2, -0.15) is 5.10 Å². The first-order valence-electron chi connectivity index (χ1n) is 6.23. The lowest BCUT2D eigenvalue weighted by molar-refractivity contribution is 0.420. The van der Waals surface area contributed by atoms with Crippen molar-refractivity contribution in [3.8, 4) is 5.75 Å². The van der Waals surface area contributed by atoms with Crippen molar-refractivity contribution in [1.29, 1.82) is 0 Å². The molecule has 0 saturated heterocycles. The molecule has 0 radical (unpaired) electrons. The Morgan fingerprint density at radius 2 is 2.10 bits per heavy atom. The fourth-order valence-corrected chi connectivity index (χ4v) is 2.72. The van der Waals surface area contributed by atoms with E-state index in [0.29, 0.717) is 5.39 Å². The average Bonchev–Trinajstić information content (AvgIpc) is 2.87. The summed E-state index contributed by atoms with van der Waals surface area (Å²) in [7, 11) is 1.65. The third kappa shape index (κ3) is 1.78. The van der Waals surface area contributed by atoms with Gasteiger partial charge < -0.3 is 9.14 Å². The Hall–Kier alpha value is -2.53. The van der Waals surface area contributed by atoms with E-state index >= 15 is 0 Å². The van der Waals surface area contributed by atoms with Crippen LogP contribution in [0.4, 0.5) is 0 Å². The van der Waals surface area contributed by atoms with Gasteiger partial charge in [-0.05, 0) is 17.5 Å². The van der Waals surface area contributed by atoms with E-state index in [1.54, 1.807) is 13.3 Å². The molecule has 3 aromatic heterocycles. The molecular formula is C15H12ClN3O2. The lowest BCUT2D eigenvalue weighted by Crippen LogP contribution is -2.05. The Labute approximate surface area is 125 Å². The molecule has 0 aliphatic rings. The Morgan fingerprint density at radius 1 is 1.24 bits per heavy atom. The van der Waals surface area contributed by atoms with Crippen molar-refractivity contribution in [1.82, 2.24) is 14.6 Å². The van der Waals surface area contributed by atoms with Crippen LogP contribution in [0, 0.1) is 0 Å². The Bertz CT molecular complexity index is 1020. The smallest absolute Gasteiger partial charge is 0.273 e. The lowest BCUT2D eigenvalue weighted by Gasteiger charge is -2.07. The van der Waals surface area contributed by atoms with Crippen molar-refractivity contribution in [3.63, 3.8) is 0 Å². The third-order valence-corrected chi connectivity index (χ3v) is 3.61. The second-order valence-electron chi connectivity index (χ2n) is 4.65. The number of hydrogen-bond donors (Lipinski definition) is 1. The molecule has 3 heterocycles. The van der Waals surface area contributed by atoms with Gasteiger partial charge in [-0.25, -0.2) is 5.10 Å². The predicted octanol–water partition coefficient (Wildman–Crippen LogP) is 2.76. The molecule has 5 nitrogen and oxygen atoms in total. The molecule has 0 aliphatic carbocycles. The number of methoxy groups -OCH3 is 1. The predicted molar refractivity (Wildman–Crippen MR) is 84.6 cm³/mol. The molecule has 0 unspecified atom stereocenters. The molecule has 21 heavy (non-hydrogen) atoms. The number of fused-ring (bicyclic) bond motifs is 5. The van der Waals surface area contributed by atoms with E-state index in [1.165, 1.54) is 0 Å². The topological polar surface area (TPSA) is 59.4 Å². The van der Waals surface area contributed by atoms with Crippen LogP contribution in [-0.2, 0) is 0 Å². The SMILES string of the molecule is COc1cccc2ccn3cc4c(=O)[nH]ncc4c3c12.Cl. The first-order valence-corrected chi connectivity index (χ1v) is 6.23. The number of benzene rings is 1. The van der Waals surface area contributed by atoms with Gasteiger partial charge in [0.15, 0.2) is 0 Å². The summed E-state index contributed by atoms with van der Waals surface area (Å²) < 4.78 is 7.40. The molecule has 6 heteroatoms. The lowest BCUT2D eigenvalue weighted by atomic mass is 10.1. The van der Waals surface area contributed by atoms with Gasteiger partial charge in [0.05, 0.1) is 24.2 Å². The molecule has 0 bridgehead atoms. The number of H-pyrrole nitrogens is 1. The number of rotatable bonds is 1. The highest BCUT2D eigenvalue weighted by molar-refractivity contribution is 6.12. The molecule has 106 valence electrons. The summed E-state index contributed by atoms with van der Waals surface area (Å²) >= 11 is 0. The summed E-state index contributed by atoms with van der Waals surface area (Å²) in [6.45, 7) is 0. The second kappa shape index (κ2) is 4.79. The Morgan fingerprint density at radius 3 is 2.90 bits per heavy atom. The van der Waals surface area contributed by atoms with Gasteiger partial charge in [0.25, 0.3) is 5.56 Å². The summed E-state index contributed by atoms with van der Waals surface area (Å²) in [6.07, 6.45) is 5.44. The van der Waals surface area contributed by atoms with Crippen molar-refractivity contribution < 1.29 is 4.74 Å². The number of nitrogens with one attached hydrogen (secondary N) is 1. The second-order valence-corrected chi connectivity index (χ2v) is 4.65. The normalized spacial score (nSPS) is 10.9. The van der Waals surface area contributed by atoms with Crippen molar-refractivity contribution in [2.75, 3.05) is 7.11 Å². The molecule has 0 atom stereocenters. The van der Waals surface area contributed by atoms with Crippen molar-refractivity contribution >= 4 is 39.5 Å². The number of nitrogens with zero attached hydrogens (tertiary/aromatic N) is 2. The van der Waals surface area contributed by atoms with E-state index in [0.717, 1.165) is 27.4 Å². The number of halogens is 1. The summed E-state index contributed by atoms with van der Waals surface area (Å²) in [5.74, 6) is 0.786. The van der Waals surface area contributed by atoms with Crippen LogP contribution in [0.2, 0.25) is 0 Å². The molecular weight excluding hydrogens is 290 g/mol. The molecule has 4 aromatic rings. The Balaban J connectivity index is 0.00000132. The number of aromatic nitrogens is 3. The minimum Gasteiger partial charge on any atom is -0.496 e. The highest BCUT2D eigenvalue weighted by atomic mass is 35.5. The first-order chi connectivity index (χ1) is 9.79. The van der Waals surface area contributed by atoms with Crippen molar-refractivity contribution in [3.05, 3.63) is 53.2 Å². The highest BCUT2D eigenvalue weighted by Crippen LogP contribution is 2.33. The van der Waals surface area contributed by atoms with E-state index in [4.69, 9.17) is 4.74 Å². The highest BCUT2D eigenvalue weighted by Gasteiger charge is 2.12.